The molecule has 1 rings (SSSR count). The highest BCUT2D eigenvalue weighted by molar-refractivity contribution is 5.94. The van der Waals surface area contributed by atoms with Crippen LogP contribution in [0.5, 0.6) is 0 Å². The summed E-state index contributed by atoms with van der Waals surface area (Å²) in [4.78, 5) is 11.7. The van der Waals surface area contributed by atoms with Gasteiger partial charge in [0.05, 0.1) is 0 Å². The Hall–Kier alpha value is -1.83. The maximum Gasteiger partial charge on any atom is 0.163 e. The van der Waals surface area contributed by atoms with Gasteiger partial charge in [-0.3, -0.25) is 4.79 Å². The third-order valence-electron chi connectivity index (χ3n) is 2.30. The Balaban J connectivity index is 2.73. The van der Waals surface area contributed by atoms with Crippen molar-refractivity contribution in [2.45, 2.75) is 20.8 Å². The first-order valence-corrected chi connectivity index (χ1v) is 5.64. The lowest BCUT2D eigenvalue weighted by Gasteiger charge is -2.13. The van der Waals surface area contributed by atoms with Crippen LogP contribution in [-0.2, 0) is 4.79 Å². The Morgan fingerprint density at radius 3 is 2.29 bits per heavy atom. The Morgan fingerprint density at radius 2 is 1.76 bits per heavy atom. The van der Waals surface area contributed by atoms with E-state index in [9.17, 15) is 4.79 Å². The summed E-state index contributed by atoms with van der Waals surface area (Å²) in [6.07, 6.45) is 5.13. The Morgan fingerprint density at radius 1 is 1.18 bits per heavy atom. The van der Waals surface area contributed by atoms with Crippen molar-refractivity contribution in [1.29, 1.82) is 0 Å². The highest BCUT2D eigenvalue weighted by Gasteiger charge is 2.18. The van der Waals surface area contributed by atoms with E-state index in [0.29, 0.717) is 5.70 Å². The molecule has 0 aliphatic heterocycles. The van der Waals surface area contributed by atoms with Crippen LogP contribution in [0, 0.1) is 5.41 Å². The minimum Gasteiger partial charge on any atom is -0.399 e. The molecule has 0 aromatic heterocycles. The first-order chi connectivity index (χ1) is 7.89. The van der Waals surface area contributed by atoms with Crippen molar-refractivity contribution < 1.29 is 4.79 Å². The largest absolute Gasteiger partial charge is 0.399 e. The molecular weight excluding hydrogens is 210 g/mol. The molecule has 0 radical (unpaired) electrons. The van der Waals surface area contributed by atoms with Gasteiger partial charge in [-0.1, -0.05) is 57.2 Å². The maximum absolute atomic E-state index is 11.7. The van der Waals surface area contributed by atoms with Gasteiger partial charge in [0.15, 0.2) is 5.78 Å². The van der Waals surface area contributed by atoms with E-state index in [4.69, 9.17) is 5.73 Å². The van der Waals surface area contributed by atoms with Crippen molar-refractivity contribution in [3.63, 3.8) is 0 Å². The minimum absolute atomic E-state index is 0.0349. The van der Waals surface area contributed by atoms with Crippen LogP contribution in [0.1, 0.15) is 26.3 Å². The summed E-state index contributed by atoms with van der Waals surface area (Å²) in [5, 5.41) is 0. The standard InChI is InChI=1S/C15H19NO/c1-15(2,3)14(17)11-13(16)10-9-12-7-5-4-6-8-12/h4-11H,16H2,1-3H3. The summed E-state index contributed by atoms with van der Waals surface area (Å²) in [6.45, 7) is 5.63. The van der Waals surface area contributed by atoms with E-state index in [-0.39, 0.29) is 11.2 Å². The number of ketones is 1. The van der Waals surface area contributed by atoms with E-state index in [2.05, 4.69) is 0 Å². The molecule has 0 saturated carbocycles. The number of rotatable bonds is 3. The van der Waals surface area contributed by atoms with Gasteiger partial charge in [0.2, 0.25) is 0 Å². The van der Waals surface area contributed by atoms with Crippen molar-refractivity contribution in [1.82, 2.24) is 0 Å². The van der Waals surface area contributed by atoms with Crippen molar-refractivity contribution in [2.75, 3.05) is 0 Å². The molecule has 0 aliphatic carbocycles. The third-order valence-corrected chi connectivity index (χ3v) is 2.30. The first kappa shape index (κ1) is 13.2. The maximum atomic E-state index is 11.7. The zero-order valence-electron chi connectivity index (χ0n) is 10.6. The summed E-state index contributed by atoms with van der Waals surface area (Å²) < 4.78 is 0. The molecule has 0 atom stereocenters. The molecule has 1 aromatic rings. The SMILES string of the molecule is CC(C)(C)C(=O)C=C(N)C=Cc1ccccc1. The predicted octanol–water partition coefficient (Wildman–Crippen LogP) is 3.16. The van der Waals surface area contributed by atoms with Crippen molar-refractivity contribution >= 4 is 11.9 Å². The highest BCUT2D eigenvalue weighted by Crippen LogP contribution is 2.15. The summed E-state index contributed by atoms with van der Waals surface area (Å²) in [6, 6.07) is 9.84. The van der Waals surface area contributed by atoms with Crippen LogP contribution in [0.3, 0.4) is 0 Å². The Kier molecular flexibility index (Phi) is 4.27. The van der Waals surface area contributed by atoms with E-state index in [1.807, 2.05) is 57.2 Å². The first-order valence-electron chi connectivity index (χ1n) is 5.64. The molecule has 2 heteroatoms. The second-order valence-electron chi connectivity index (χ2n) is 5.00. The van der Waals surface area contributed by atoms with Crippen molar-refractivity contribution in [3.8, 4) is 0 Å². The van der Waals surface area contributed by atoms with Gasteiger partial charge >= 0.3 is 0 Å². The molecule has 0 spiro atoms. The zero-order valence-corrected chi connectivity index (χ0v) is 10.6. The smallest absolute Gasteiger partial charge is 0.163 e. The summed E-state index contributed by atoms with van der Waals surface area (Å²) in [5.74, 6) is 0.0349. The molecule has 0 unspecified atom stereocenters. The second-order valence-corrected chi connectivity index (χ2v) is 5.00. The molecule has 0 heterocycles. The van der Waals surface area contributed by atoms with Crippen LogP contribution in [0.25, 0.3) is 6.08 Å². The average Bonchev–Trinajstić information content (AvgIpc) is 2.26. The fraction of sp³-hybridized carbons (Fsp3) is 0.267. The second kappa shape index (κ2) is 5.48. The van der Waals surface area contributed by atoms with Crippen molar-refractivity contribution in [3.05, 3.63) is 53.7 Å². The van der Waals surface area contributed by atoms with Crippen LogP contribution in [0.15, 0.2) is 48.2 Å². The number of carbonyl (C=O) groups is 1. The normalized spacial score (nSPS) is 13.0. The fourth-order valence-electron chi connectivity index (χ4n) is 1.17. The van der Waals surface area contributed by atoms with Gasteiger partial charge in [0.25, 0.3) is 0 Å². The molecule has 2 nitrogen and oxygen atoms in total. The molecule has 2 N–H and O–H groups in total. The van der Waals surface area contributed by atoms with Crippen LogP contribution in [0.2, 0.25) is 0 Å². The Labute approximate surface area is 103 Å². The monoisotopic (exact) mass is 229 g/mol. The lowest BCUT2D eigenvalue weighted by molar-refractivity contribution is -0.121. The van der Waals surface area contributed by atoms with Crippen LogP contribution in [0.4, 0.5) is 0 Å². The van der Waals surface area contributed by atoms with Crippen LogP contribution >= 0.6 is 0 Å². The highest BCUT2D eigenvalue weighted by atomic mass is 16.1. The number of hydrogen-bond acceptors (Lipinski definition) is 2. The van der Waals surface area contributed by atoms with E-state index >= 15 is 0 Å². The van der Waals surface area contributed by atoms with Gasteiger partial charge in [-0.25, -0.2) is 0 Å². The number of hydrogen-bond donors (Lipinski definition) is 1. The van der Waals surface area contributed by atoms with Gasteiger partial charge in [-0.05, 0) is 11.6 Å². The van der Waals surface area contributed by atoms with Gasteiger partial charge in [0, 0.05) is 17.2 Å². The summed E-state index contributed by atoms with van der Waals surface area (Å²) in [7, 11) is 0. The van der Waals surface area contributed by atoms with Gasteiger partial charge < -0.3 is 5.73 Å². The number of benzene rings is 1. The molecule has 0 bridgehead atoms. The lowest BCUT2D eigenvalue weighted by Crippen LogP contribution is -2.18. The van der Waals surface area contributed by atoms with Crippen molar-refractivity contribution in [2.24, 2.45) is 11.1 Å². The van der Waals surface area contributed by atoms with E-state index in [1.165, 1.54) is 6.08 Å². The number of allylic oxidation sites excluding steroid dienone is 2. The van der Waals surface area contributed by atoms with E-state index in [1.54, 1.807) is 6.08 Å². The number of carbonyl (C=O) groups excluding carboxylic acids is 1. The van der Waals surface area contributed by atoms with Gasteiger partial charge in [0.1, 0.15) is 0 Å². The molecule has 90 valence electrons. The summed E-state index contributed by atoms with van der Waals surface area (Å²) >= 11 is 0. The minimum atomic E-state index is -0.384. The topological polar surface area (TPSA) is 43.1 Å². The Bertz CT molecular complexity index is 436. The predicted molar refractivity (Wildman–Crippen MR) is 72.2 cm³/mol. The summed E-state index contributed by atoms with van der Waals surface area (Å²) in [5.41, 5.74) is 6.93. The molecule has 1 aromatic carbocycles. The lowest BCUT2D eigenvalue weighted by atomic mass is 9.90. The van der Waals surface area contributed by atoms with Gasteiger partial charge in [-0.15, -0.1) is 0 Å². The molecule has 0 amide bonds. The zero-order chi connectivity index (χ0) is 12.9. The van der Waals surface area contributed by atoms with E-state index in [0.717, 1.165) is 5.56 Å². The molecular formula is C15H19NO. The number of nitrogens with two attached hydrogens (primary N) is 1. The van der Waals surface area contributed by atoms with Crippen LogP contribution < -0.4 is 5.73 Å². The van der Waals surface area contributed by atoms with Crippen LogP contribution in [-0.4, -0.2) is 5.78 Å². The van der Waals surface area contributed by atoms with E-state index < -0.39 is 0 Å². The van der Waals surface area contributed by atoms with Gasteiger partial charge in [-0.2, -0.15) is 0 Å². The molecule has 17 heavy (non-hydrogen) atoms. The molecule has 0 fully saturated rings. The average molecular weight is 229 g/mol. The quantitative estimate of drug-likeness (QED) is 0.639. The molecule has 0 aliphatic rings. The third kappa shape index (κ3) is 4.68. The molecule has 0 saturated heterocycles. The fourth-order valence-corrected chi connectivity index (χ4v) is 1.17.